The predicted molar refractivity (Wildman–Crippen MR) is 95.9 cm³/mol. The van der Waals surface area contributed by atoms with Crippen molar-refractivity contribution in [3.63, 3.8) is 0 Å². The maximum Gasteiger partial charge on any atom is 0.165 e. The summed E-state index contributed by atoms with van der Waals surface area (Å²) in [5, 5.41) is 10.5. The van der Waals surface area contributed by atoms with Crippen LogP contribution in [-0.4, -0.2) is 41.3 Å². The van der Waals surface area contributed by atoms with E-state index >= 15 is 0 Å². The predicted octanol–water partition coefficient (Wildman–Crippen LogP) is 2.56. The molecular weight excluding hydrogens is 312 g/mol. The normalized spacial score (nSPS) is 44.3. The van der Waals surface area contributed by atoms with Gasteiger partial charge in [0.25, 0.3) is 0 Å². The summed E-state index contributed by atoms with van der Waals surface area (Å²) in [4.78, 5) is 2.80. The highest BCUT2D eigenvalue weighted by atomic mass is 16.5. The Morgan fingerprint density at radius 1 is 1.28 bits per heavy atom. The molecule has 0 amide bonds. The van der Waals surface area contributed by atoms with Gasteiger partial charge in [-0.25, -0.2) is 0 Å². The fourth-order valence-electron chi connectivity index (χ4n) is 6.97. The number of phenolic OH excluding ortho intramolecular Hbond substituents is 1. The maximum atomic E-state index is 10.5. The van der Waals surface area contributed by atoms with Gasteiger partial charge in [-0.1, -0.05) is 13.0 Å². The summed E-state index contributed by atoms with van der Waals surface area (Å²) in [6.45, 7) is 4.92. The lowest BCUT2D eigenvalue weighted by atomic mass is 9.43. The van der Waals surface area contributed by atoms with Crippen molar-refractivity contribution in [2.45, 2.75) is 69.1 Å². The minimum Gasteiger partial charge on any atom is -0.504 e. The smallest absolute Gasteiger partial charge is 0.165 e. The number of aromatic hydroxyl groups is 1. The number of hydrogen-bond acceptors (Lipinski definition) is 4. The molecule has 6 rings (SSSR count). The van der Waals surface area contributed by atoms with E-state index in [1.807, 2.05) is 6.07 Å². The third-order valence-electron chi connectivity index (χ3n) is 8.38. The number of piperidine rings is 1. The highest BCUT2D eigenvalue weighted by Crippen LogP contribution is 2.68. The number of nitrogens with two attached hydrogens (primary N) is 1. The fraction of sp³-hybridized carbons (Fsp3) is 0.714. The third kappa shape index (κ3) is 1.62. The average Bonchev–Trinajstić information content (AvgIpc) is 3.32. The Bertz CT molecular complexity index is 761. The first-order valence-corrected chi connectivity index (χ1v) is 10.1. The standard InChI is InChI=1S/C21H28N2O2/c1-20-7-6-14(22)19-21(20)8-9-23(11-12-2-3-12)16(20)10-13-4-5-15(24)18(25-19)17(13)21/h4-5,12,14,16,19,24H,2-3,6-11,22H2,1H3/t14-,16?,19?,20-,21-/m0/s1. The second-order valence-corrected chi connectivity index (χ2v) is 9.49. The molecule has 2 aliphatic heterocycles. The summed E-state index contributed by atoms with van der Waals surface area (Å²) in [6, 6.07) is 4.64. The summed E-state index contributed by atoms with van der Waals surface area (Å²) >= 11 is 0. The van der Waals surface area contributed by atoms with E-state index in [0.29, 0.717) is 11.8 Å². The van der Waals surface area contributed by atoms with E-state index in [9.17, 15) is 5.11 Å². The average molecular weight is 340 g/mol. The molecule has 3 N–H and O–H groups in total. The van der Waals surface area contributed by atoms with E-state index < -0.39 is 0 Å². The summed E-state index contributed by atoms with van der Waals surface area (Å²) < 4.78 is 6.42. The molecular formula is C21H28N2O2. The number of hydrogen-bond donors (Lipinski definition) is 2. The summed E-state index contributed by atoms with van der Waals surface area (Å²) in [5.74, 6) is 1.98. The van der Waals surface area contributed by atoms with Crippen LogP contribution in [0.25, 0.3) is 0 Å². The van der Waals surface area contributed by atoms with Gasteiger partial charge < -0.3 is 15.6 Å². The lowest BCUT2D eigenvalue weighted by Gasteiger charge is -2.65. The van der Waals surface area contributed by atoms with Crippen molar-refractivity contribution >= 4 is 0 Å². The monoisotopic (exact) mass is 340 g/mol. The van der Waals surface area contributed by atoms with E-state index in [1.165, 1.54) is 36.9 Å². The molecule has 3 fully saturated rings. The zero-order chi connectivity index (χ0) is 17.0. The maximum absolute atomic E-state index is 10.5. The Labute approximate surface area is 149 Å². The number of phenols is 1. The highest BCUT2D eigenvalue weighted by Gasteiger charge is 2.70. The van der Waals surface area contributed by atoms with Crippen LogP contribution in [0.1, 0.15) is 50.2 Å². The molecule has 0 aromatic heterocycles. The summed E-state index contributed by atoms with van der Waals surface area (Å²) in [7, 11) is 0. The summed E-state index contributed by atoms with van der Waals surface area (Å²) in [5.41, 5.74) is 9.49. The van der Waals surface area contributed by atoms with Crippen LogP contribution in [0.2, 0.25) is 0 Å². The topological polar surface area (TPSA) is 58.7 Å². The van der Waals surface area contributed by atoms with E-state index in [4.69, 9.17) is 10.5 Å². The molecule has 1 aromatic carbocycles. The van der Waals surface area contributed by atoms with Crippen molar-refractivity contribution < 1.29 is 9.84 Å². The van der Waals surface area contributed by atoms with E-state index in [2.05, 4.69) is 17.9 Å². The van der Waals surface area contributed by atoms with Gasteiger partial charge in [0.2, 0.25) is 0 Å². The summed E-state index contributed by atoms with van der Waals surface area (Å²) in [6.07, 6.45) is 7.27. The fourth-order valence-corrected chi connectivity index (χ4v) is 6.97. The molecule has 25 heavy (non-hydrogen) atoms. The Morgan fingerprint density at radius 3 is 2.92 bits per heavy atom. The van der Waals surface area contributed by atoms with Crippen LogP contribution < -0.4 is 10.5 Å². The van der Waals surface area contributed by atoms with Gasteiger partial charge in [-0.2, -0.15) is 0 Å². The first kappa shape index (κ1) is 14.9. The molecule has 2 bridgehead atoms. The number of rotatable bonds is 2. The number of nitrogens with zero attached hydrogens (tertiary/aromatic N) is 1. The first-order valence-electron chi connectivity index (χ1n) is 10.1. The van der Waals surface area contributed by atoms with Crippen molar-refractivity contribution in [1.29, 1.82) is 0 Å². The van der Waals surface area contributed by atoms with E-state index in [1.54, 1.807) is 0 Å². The van der Waals surface area contributed by atoms with E-state index in [-0.39, 0.29) is 23.0 Å². The SMILES string of the molecule is C[C@@]12CC[C@H](N)C3Oc4c(O)ccc5c4[C@@]31CCN(CC1CC1)C2C5. The van der Waals surface area contributed by atoms with Gasteiger partial charge in [0.15, 0.2) is 11.5 Å². The van der Waals surface area contributed by atoms with Crippen molar-refractivity contribution in [2.75, 3.05) is 13.1 Å². The molecule has 5 atom stereocenters. The molecule has 1 saturated heterocycles. The van der Waals surface area contributed by atoms with Crippen molar-refractivity contribution in [1.82, 2.24) is 4.90 Å². The molecule has 5 aliphatic rings. The van der Waals surface area contributed by atoms with Crippen molar-refractivity contribution in [2.24, 2.45) is 17.1 Å². The van der Waals surface area contributed by atoms with Crippen molar-refractivity contribution in [3.8, 4) is 11.5 Å². The Hall–Kier alpha value is -1.26. The second-order valence-electron chi connectivity index (χ2n) is 9.49. The molecule has 134 valence electrons. The van der Waals surface area contributed by atoms with Crippen LogP contribution in [0.15, 0.2) is 12.1 Å². The quantitative estimate of drug-likeness (QED) is 0.869. The zero-order valence-electron chi connectivity index (χ0n) is 15.0. The highest BCUT2D eigenvalue weighted by molar-refractivity contribution is 5.61. The minimum atomic E-state index is -0.00294. The van der Waals surface area contributed by atoms with Crippen LogP contribution in [0, 0.1) is 11.3 Å². The number of benzene rings is 1. The third-order valence-corrected chi connectivity index (χ3v) is 8.38. The van der Waals surface area contributed by atoms with Crippen LogP contribution in [0.4, 0.5) is 0 Å². The van der Waals surface area contributed by atoms with Gasteiger partial charge in [-0.15, -0.1) is 0 Å². The lowest BCUT2D eigenvalue weighted by Crippen LogP contribution is -2.73. The number of ether oxygens (including phenoxy) is 1. The Morgan fingerprint density at radius 2 is 2.12 bits per heavy atom. The Balaban J connectivity index is 1.57. The van der Waals surface area contributed by atoms with Crippen molar-refractivity contribution in [3.05, 3.63) is 23.3 Å². The van der Waals surface area contributed by atoms with Crippen LogP contribution in [-0.2, 0) is 11.8 Å². The van der Waals surface area contributed by atoms with E-state index in [0.717, 1.165) is 37.5 Å². The molecule has 0 radical (unpaired) electrons. The molecule has 2 heterocycles. The number of likely N-dealkylation sites (tertiary alicyclic amines) is 1. The lowest BCUT2D eigenvalue weighted by molar-refractivity contribution is -0.121. The van der Waals surface area contributed by atoms with Crippen LogP contribution in [0.3, 0.4) is 0 Å². The molecule has 4 nitrogen and oxygen atoms in total. The van der Waals surface area contributed by atoms with Gasteiger partial charge in [0.1, 0.15) is 6.10 Å². The van der Waals surface area contributed by atoms with Crippen LogP contribution in [0.5, 0.6) is 11.5 Å². The largest absolute Gasteiger partial charge is 0.504 e. The second kappa shape index (κ2) is 4.52. The van der Waals surface area contributed by atoms with Gasteiger partial charge in [-0.05, 0) is 68.0 Å². The molecule has 1 spiro atoms. The van der Waals surface area contributed by atoms with Gasteiger partial charge in [-0.3, -0.25) is 4.90 Å². The molecule has 2 saturated carbocycles. The Kier molecular flexibility index (Phi) is 2.69. The van der Waals surface area contributed by atoms with Gasteiger partial charge in [0.05, 0.1) is 0 Å². The van der Waals surface area contributed by atoms with Gasteiger partial charge in [0, 0.05) is 29.6 Å². The molecule has 1 aromatic rings. The van der Waals surface area contributed by atoms with Gasteiger partial charge >= 0.3 is 0 Å². The first-order chi connectivity index (χ1) is 12.0. The minimum absolute atomic E-state index is 0.00294. The molecule has 3 aliphatic carbocycles. The van der Waals surface area contributed by atoms with Crippen LogP contribution >= 0.6 is 0 Å². The zero-order valence-corrected chi connectivity index (χ0v) is 15.0. The molecule has 2 unspecified atom stereocenters. The molecule has 4 heteroatoms.